The number of unbranched alkanes of at least 4 members (excludes halogenated alkanes) is 1. The zero-order chi connectivity index (χ0) is 25.3. The topological polar surface area (TPSA) is 95.9 Å². The Balaban J connectivity index is 1.97. The van der Waals surface area contributed by atoms with Crippen LogP contribution in [0.15, 0.2) is 23.8 Å². The summed E-state index contributed by atoms with van der Waals surface area (Å²) in [6.07, 6.45) is 10.1. The van der Waals surface area contributed by atoms with Crippen LogP contribution in [0.1, 0.15) is 86.0 Å². The van der Waals surface area contributed by atoms with Crippen molar-refractivity contribution in [1.82, 2.24) is 5.32 Å². The first kappa shape index (κ1) is 28.6. The van der Waals surface area contributed by atoms with Crippen LogP contribution in [0.4, 0.5) is 0 Å². The Morgan fingerprint density at radius 2 is 1.94 bits per heavy atom. The summed E-state index contributed by atoms with van der Waals surface area (Å²) in [4.78, 5) is 24.5. The average Bonchev–Trinajstić information content (AvgIpc) is 2.77. The van der Waals surface area contributed by atoms with Crippen LogP contribution in [0.5, 0.6) is 0 Å². The van der Waals surface area contributed by atoms with E-state index in [0.717, 1.165) is 32.1 Å². The van der Waals surface area contributed by atoms with Crippen molar-refractivity contribution in [2.24, 2.45) is 29.6 Å². The van der Waals surface area contributed by atoms with Crippen molar-refractivity contribution in [2.75, 3.05) is 6.54 Å². The monoisotopic (exact) mass is 477 g/mol. The van der Waals surface area contributed by atoms with Gasteiger partial charge in [0.25, 0.3) is 0 Å². The first-order valence-corrected chi connectivity index (χ1v) is 13.4. The van der Waals surface area contributed by atoms with Crippen LogP contribution in [-0.4, -0.2) is 46.9 Å². The molecule has 0 saturated heterocycles. The van der Waals surface area contributed by atoms with Crippen molar-refractivity contribution in [3.8, 4) is 0 Å². The zero-order valence-corrected chi connectivity index (χ0v) is 21.8. The second kappa shape index (κ2) is 14.0. The van der Waals surface area contributed by atoms with Crippen molar-refractivity contribution in [3.05, 3.63) is 23.8 Å². The summed E-state index contributed by atoms with van der Waals surface area (Å²) in [5, 5.41) is 23.7. The predicted octanol–water partition coefficient (Wildman–Crippen LogP) is 4.55. The second-order valence-corrected chi connectivity index (χ2v) is 10.6. The van der Waals surface area contributed by atoms with Crippen LogP contribution in [0.25, 0.3) is 0 Å². The Kier molecular flexibility index (Phi) is 11.8. The minimum atomic E-state index is -0.851. The highest BCUT2D eigenvalue weighted by Gasteiger charge is 2.41. The molecule has 0 aliphatic heterocycles. The van der Waals surface area contributed by atoms with Crippen LogP contribution in [-0.2, 0) is 14.3 Å². The van der Waals surface area contributed by atoms with Gasteiger partial charge < -0.3 is 20.3 Å². The fraction of sp³-hybridized carbons (Fsp3) is 0.786. The lowest BCUT2D eigenvalue weighted by Crippen LogP contribution is -2.41. The van der Waals surface area contributed by atoms with E-state index in [4.69, 9.17) is 4.74 Å². The smallest absolute Gasteiger partial charge is 0.308 e. The van der Waals surface area contributed by atoms with Crippen LogP contribution >= 0.6 is 0 Å². The molecule has 1 unspecified atom stereocenters. The molecule has 0 radical (unpaired) electrons. The van der Waals surface area contributed by atoms with Crippen LogP contribution in [0.2, 0.25) is 0 Å². The molecule has 6 heteroatoms. The van der Waals surface area contributed by atoms with E-state index in [9.17, 15) is 19.8 Å². The molecule has 34 heavy (non-hydrogen) atoms. The molecule has 2 aliphatic carbocycles. The molecule has 0 saturated carbocycles. The molecule has 0 aromatic heterocycles. The number of hydrogen-bond donors (Lipinski definition) is 3. The van der Waals surface area contributed by atoms with E-state index in [1.165, 1.54) is 5.57 Å². The lowest BCUT2D eigenvalue weighted by atomic mass is 9.65. The molecule has 0 aromatic rings. The summed E-state index contributed by atoms with van der Waals surface area (Å²) in [6, 6.07) is 0. The lowest BCUT2D eigenvalue weighted by molar-refractivity contribution is -0.158. The van der Waals surface area contributed by atoms with E-state index in [2.05, 4.69) is 44.3 Å². The molecule has 3 N–H and O–H groups in total. The lowest BCUT2D eigenvalue weighted by Gasteiger charge is -2.43. The van der Waals surface area contributed by atoms with Gasteiger partial charge in [-0.15, -0.1) is 0 Å². The van der Waals surface area contributed by atoms with Gasteiger partial charge in [0.2, 0.25) is 5.91 Å². The summed E-state index contributed by atoms with van der Waals surface area (Å²) in [6.45, 7) is 10.9. The Labute approximate surface area is 206 Å². The average molecular weight is 478 g/mol. The predicted molar refractivity (Wildman–Crippen MR) is 135 cm³/mol. The maximum Gasteiger partial charge on any atom is 0.308 e. The van der Waals surface area contributed by atoms with E-state index < -0.39 is 12.2 Å². The largest absolute Gasteiger partial charge is 0.461 e. The van der Waals surface area contributed by atoms with Crippen molar-refractivity contribution in [1.29, 1.82) is 0 Å². The fourth-order valence-electron chi connectivity index (χ4n) is 5.24. The number of aliphatic hydroxyl groups is 2. The third-order valence-electron chi connectivity index (χ3n) is 7.53. The van der Waals surface area contributed by atoms with Gasteiger partial charge in [-0.2, -0.15) is 0 Å². The number of ether oxygens (including phenoxy) is 1. The van der Waals surface area contributed by atoms with Crippen LogP contribution in [0, 0.1) is 29.6 Å². The molecule has 0 aromatic carbocycles. The zero-order valence-electron chi connectivity index (χ0n) is 21.8. The summed E-state index contributed by atoms with van der Waals surface area (Å²) in [7, 11) is 0. The van der Waals surface area contributed by atoms with Gasteiger partial charge in [0.1, 0.15) is 6.10 Å². The number of esters is 1. The SMILES string of the molecule is CCCCNC(=O)C[C@H](O)C[C@H](O)CC[C@@H]1C2C(=C[C@H](C)C[C@@H]2OC(=O)[C@@H](C)CC)C=C[C@@H]1C. The number of aliphatic hydroxyl groups excluding tert-OH is 2. The normalized spacial score (nSPS) is 28.9. The molecular weight excluding hydrogens is 430 g/mol. The summed E-state index contributed by atoms with van der Waals surface area (Å²) in [5.41, 5.74) is 1.24. The third kappa shape index (κ3) is 8.53. The molecule has 0 heterocycles. The minimum absolute atomic E-state index is 0.0182. The number of allylic oxidation sites excluding steroid dienone is 3. The Hall–Kier alpha value is -1.66. The van der Waals surface area contributed by atoms with Crippen molar-refractivity contribution >= 4 is 11.9 Å². The van der Waals surface area contributed by atoms with E-state index in [-0.39, 0.29) is 48.6 Å². The first-order chi connectivity index (χ1) is 16.2. The van der Waals surface area contributed by atoms with Gasteiger partial charge in [0.05, 0.1) is 24.5 Å². The third-order valence-corrected chi connectivity index (χ3v) is 7.53. The minimum Gasteiger partial charge on any atom is -0.461 e. The van der Waals surface area contributed by atoms with Gasteiger partial charge in [0, 0.05) is 12.5 Å². The molecule has 1 amide bonds. The molecule has 8 atom stereocenters. The van der Waals surface area contributed by atoms with Crippen molar-refractivity contribution < 1.29 is 24.5 Å². The Morgan fingerprint density at radius 1 is 1.21 bits per heavy atom. The number of amides is 1. The van der Waals surface area contributed by atoms with Crippen molar-refractivity contribution in [2.45, 2.75) is 104 Å². The number of carbonyl (C=O) groups is 2. The fourth-order valence-corrected chi connectivity index (χ4v) is 5.24. The molecule has 2 aliphatic rings. The van der Waals surface area contributed by atoms with Crippen LogP contribution < -0.4 is 5.32 Å². The highest BCUT2D eigenvalue weighted by atomic mass is 16.5. The molecule has 0 fully saturated rings. The highest BCUT2D eigenvalue weighted by molar-refractivity contribution is 5.76. The Bertz CT molecular complexity index is 718. The van der Waals surface area contributed by atoms with Gasteiger partial charge in [0.15, 0.2) is 0 Å². The summed E-state index contributed by atoms with van der Waals surface area (Å²) in [5.74, 6) is 0.639. The number of nitrogens with one attached hydrogen (secondary N) is 1. The molecule has 2 rings (SSSR count). The van der Waals surface area contributed by atoms with E-state index in [0.29, 0.717) is 24.8 Å². The molecule has 0 spiro atoms. The number of rotatable bonds is 13. The van der Waals surface area contributed by atoms with Gasteiger partial charge in [-0.3, -0.25) is 9.59 Å². The van der Waals surface area contributed by atoms with Crippen LogP contribution in [0.3, 0.4) is 0 Å². The number of carbonyl (C=O) groups excluding carboxylic acids is 2. The van der Waals surface area contributed by atoms with E-state index in [1.807, 2.05) is 13.8 Å². The Morgan fingerprint density at radius 3 is 2.62 bits per heavy atom. The number of fused-ring (bicyclic) bond motifs is 1. The quantitative estimate of drug-likeness (QED) is 0.267. The second-order valence-electron chi connectivity index (χ2n) is 10.6. The van der Waals surface area contributed by atoms with E-state index in [1.54, 1.807) is 0 Å². The van der Waals surface area contributed by atoms with Crippen molar-refractivity contribution in [3.63, 3.8) is 0 Å². The van der Waals surface area contributed by atoms with E-state index >= 15 is 0 Å². The number of hydrogen-bond acceptors (Lipinski definition) is 5. The summed E-state index contributed by atoms with van der Waals surface area (Å²) >= 11 is 0. The highest BCUT2D eigenvalue weighted by Crippen LogP contribution is 2.45. The standard InChI is InChI=1S/C28H47NO5/c1-6-8-13-29-26(32)17-23(31)16-22(30)11-12-24-20(5)9-10-21-14-18(3)15-25(27(21)24)34-28(33)19(4)7-2/h9-10,14,18-20,22-25,27,30-31H,6-8,11-13,15-17H2,1-5H3,(H,29,32)/t18-,19-,20-,22+,23+,24-,25-,27?/m0/s1. The van der Waals surface area contributed by atoms with Gasteiger partial charge >= 0.3 is 5.97 Å². The maximum absolute atomic E-state index is 12.6. The maximum atomic E-state index is 12.6. The van der Waals surface area contributed by atoms with Gasteiger partial charge in [-0.25, -0.2) is 0 Å². The van der Waals surface area contributed by atoms with Gasteiger partial charge in [-0.05, 0) is 61.9 Å². The van der Waals surface area contributed by atoms with Gasteiger partial charge in [-0.1, -0.05) is 59.3 Å². The summed E-state index contributed by atoms with van der Waals surface area (Å²) < 4.78 is 6.06. The first-order valence-electron chi connectivity index (χ1n) is 13.4. The molecular formula is C28H47NO5. The molecule has 194 valence electrons. The molecule has 6 nitrogen and oxygen atoms in total. The molecule has 0 bridgehead atoms.